The molecular formula is C20H19BrN2O4. The lowest BCUT2D eigenvalue weighted by atomic mass is 10.1. The molecule has 2 amide bonds. The van der Waals surface area contributed by atoms with E-state index in [4.69, 9.17) is 9.47 Å². The molecule has 0 spiro atoms. The summed E-state index contributed by atoms with van der Waals surface area (Å²) in [5.41, 5.74) is 1.24. The van der Waals surface area contributed by atoms with Gasteiger partial charge in [-0.1, -0.05) is 15.9 Å². The quantitative estimate of drug-likeness (QED) is 0.733. The van der Waals surface area contributed by atoms with Gasteiger partial charge in [-0.25, -0.2) is 0 Å². The molecule has 0 bridgehead atoms. The number of fused-ring (bicyclic) bond motifs is 1. The molecule has 2 aliphatic heterocycles. The zero-order chi connectivity index (χ0) is 18.8. The molecule has 1 saturated heterocycles. The van der Waals surface area contributed by atoms with Crippen molar-refractivity contribution in [3.8, 4) is 11.5 Å². The number of rotatable bonds is 2. The van der Waals surface area contributed by atoms with Crippen LogP contribution in [0.1, 0.15) is 27.1 Å². The second-order valence-electron chi connectivity index (χ2n) is 6.51. The summed E-state index contributed by atoms with van der Waals surface area (Å²) >= 11 is 3.38. The molecule has 27 heavy (non-hydrogen) atoms. The van der Waals surface area contributed by atoms with Crippen LogP contribution in [0.4, 0.5) is 0 Å². The minimum Gasteiger partial charge on any atom is -0.454 e. The van der Waals surface area contributed by atoms with Gasteiger partial charge in [0.25, 0.3) is 11.8 Å². The van der Waals surface area contributed by atoms with E-state index in [1.54, 1.807) is 23.1 Å². The molecule has 2 aromatic rings. The number of ether oxygens (including phenoxy) is 2. The van der Waals surface area contributed by atoms with E-state index in [0.29, 0.717) is 48.8 Å². The van der Waals surface area contributed by atoms with Crippen LogP contribution in [0.3, 0.4) is 0 Å². The van der Waals surface area contributed by atoms with E-state index >= 15 is 0 Å². The molecule has 7 heteroatoms. The molecule has 4 rings (SSSR count). The normalized spacial score (nSPS) is 16.2. The first kappa shape index (κ1) is 17.9. The van der Waals surface area contributed by atoms with Crippen LogP contribution in [0.15, 0.2) is 46.9 Å². The van der Waals surface area contributed by atoms with Crippen LogP contribution in [0, 0.1) is 0 Å². The van der Waals surface area contributed by atoms with E-state index in [1.165, 1.54) is 0 Å². The van der Waals surface area contributed by atoms with E-state index in [1.807, 2.05) is 29.2 Å². The standard InChI is InChI=1S/C20H19BrN2O4/c21-16-5-2-14(3-6-16)19(24)22-8-1-9-23(11-10-22)20(25)15-4-7-17-18(12-15)27-13-26-17/h2-7,12H,1,8-11,13H2. The summed E-state index contributed by atoms with van der Waals surface area (Å²) < 4.78 is 11.6. The lowest BCUT2D eigenvalue weighted by Crippen LogP contribution is -2.37. The van der Waals surface area contributed by atoms with Gasteiger partial charge in [0.2, 0.25) is 6.79 Å². The van der Waals surface area contributed by atoms with Gasteiger partial charge >= 0.3 is 0 Å². The van der Waals surface area contributed by atoms with Crippen molar-refractivity contribution in [1.82, 2.24) is 9.80 Å². The molecule has 0 radical (unpaired) electrons. The Labute approximate surface area is 165 Å². The summed E-state index contributed by atoms with van der Waals surface area (Å²) in [4.78, 5) is 29.2. The Morgan fingerprint density at radius 1 is 0.778 bits per heavy atom. The molecule has 2 aliphatic rings. The number of carbonyl (C=O) groups is 2. The lowest BCUT2D eigenvalue weighted by molar-refractivity contribution is 0.0718. The Morgan fingerprint density at radius 2 is 1.37 bits per heavy atom. The van der Waals surface area contributed by atoms with Crippen molar-refractivity contribution in [2.24, 2.45) is 0 Å². The maximum atomic E-state index is 12.9. The van der Waals surface area contributed by atoms with Gasteiger partial charge in [0.1, 0.15) is 0 Å². The average Bonchev–Trinajstić information content (AvgIpc) is 3.02. The average molecular weight is 431 g/mol. The molecule has 0 unspecified atom stereocenters. The van der Waals surface area contributed by atoms with Gasteiger partial charge < -0.3 is 19.3 Å². The van der Waals surface area contributed by atoms with Crippen molar-refractivity contribution >= 4 is 27.7 Å². The van der Waals surface area contributed by atoms with Crippen LogP contribution in [-0.2, 0) is 0 Å². The van der Waals surface area contributed by atoms with E-state index in [9.17, 15) is 9.59 Å². The highest BCUT2D eigenvalue weighted by atomic mass is 79.9. The van der Waals surface area contributed by atoms with Crippen LogP contribution >= 0.6 is 15.9 Å². The van der Waals surface area contributed by atoms with Gasteiger partial charge in [0, 0.05) is 41.8 Å². The summed E-state index contributed by atoms with van der Waals surface area (Å²) in [5, 5.41) is 0. The number of hydrogen-bond acceptors (Lipinski definition) is 4. The van der Waals surface area contributed by atoms with Crippen LogP contribution in [0.5, 0.6) is 11.5 Å². The zero-order valence-electron chi connectivity index (χ0n) is 14.7. The largest absolute Gasteiger partial charge is 0.454 e. The Bertz CT molecular complexity index is 869. The number of nitrogens with zero attached hydrogens (tertiary/aromatic N) is 2. The maximum Gasteiger partial charge on any atom is 0.254 e. The molecule has 0 aliphatic carbocycles. The SMILES string of the molecule is O=C(c1ccc(Br)cc1)N1CCCN(C(=O)c2ccc3c(c2)OCO3)CC1. The Kier molecular flexibility index (Phi) is 5.03. The van der Waals surface area contributed by atoms with Crippen LogP contribution < -0.4 is 9.47 Å². The van der Waals surface area contributed by atoms with Crippen LogP contribution in [0.2, 0.25) is 0 Å². The van der Waals surface area contributed by atoms with E-state index in [2.05, 4.69) is 15.9 Å². The minimum atomic E-state index is -0.0498. The number of hydrogen-bond donors (Lipinski definition) is 0. The van der Waals surface area contributed by atoms with Gasteiger partial charge in [-0.05, 0) is 48.9 Å². The lowest BCUT2D eigenvalue weighted by Gasteiger charge is -2.22. The van der Waals surface area contributed by atoms with E-state index in [0.717, 1.165) is 10.9 Å². The van der Waals surface area contributed by atoms with Crippen molar-refractivity contribution in [1.29, 1.82) is 0 Å². The molecule has 140 valence electrons. The van der Waals surface area contributed by atoms with Gasteiger partial charge in [-0.15, -0.1) is 0 Å². The molecule has 2 heterocycles. The number of carbonyl (C=O) groups excluding carboxylic acids is 2. The Hall–Kier alpha value is -2.54. The summed E-state index contributed by atoms with van der Waals surface area (Å²) in [7, 11) is 0. The molecule has 1 fully saturated rings. The number of benzene rings is 2. The number of halogens is 1. The van der Waals surface area contributed by atoms with Gasteiger partial charge in [0.05, 0.1) is 0 Å². The number of amides is 2. The summed E-state index contributed by atoms with van der Waals surface area (Å²) in [6.45, 7) is 2.47. The van der Waals surface area contributed by atoms with Gasteiger partial charge in [-0.2, -0.15) is 0 Å². The predicted octanol–water partition coefficient (Wildman–Crippen LogP) is 3.17. The van der Waals surface area contributed by atoms with Crippen molar-refractivity contribution in [2.45, 2.75) is 6.42 Å². The minimum absolute atomic E-state index is 0.000112. The third-order valence-electron chi connectivity index (χ3n) is 4.78. The highest BCUT2D eigenvalue weighted by Crippen LogP contribution is 2.32. The zero-order valence-corrected chi connectivity index (χ0v) is 16.3. The third-order valence-corrected chi connectivity index (χ3v) is 5.31. The first-order valence-electron chi connectivity index (χ1n) is 8.85. The van der Waals surface area contributed by atoms with Gasteiger partial charge in [0.15, 0.2) is 11.5 Å². The second kappa shape index (κ2) is 7.60. The summed E-state index contributed by atoms with van der Waals surface area (Å²) in [6, 6.07) is 12.6. The van der Waals surface area contributed by atoms with Crippen molar-refractivity contribution < 1.29 is 19.1 Å². The van der Waals surface area contributed by atoms with Gasteiger partial charge in [-0.3, -0.25) is 9.59 Å². The molecule has 2 aromatic carbocycles. The van der Waals surface area contributed by atoms with Crippen molar-refractivity contribution in [3.63, 3.8) is 0 Å². The molecule has 0 saturated carbocycles. The van der Waals surface area contributed by atoms with Crippen LogP contribution in [-0.4, -0.2) is 54.6 Å². The highest BCUT2D eigenvalue weighted by Gasteiger charge is 2.25. The fourth-order valence-electron chi connectivity index (χ4n) is 3.31. The van der Waals surface area contributed by atoms with E-state index in [-0.39, 0.29) is 18.6 Å². The molecule has 0 N–H and O–H groups in total. The first-order chi connectivity index (χ1) is 13.1. The third kappa shape index (κ3) is 3.78. The highest BCUT2D eigenvalue weighted by molar-refractivity contribution is 9.10. The predicted molar refractivity (Wildman–Crippen MR) is 103 cm³/mol. The molecular weight excluding hydrogens is 412 g/mol. The second-order valence-corrected chi connectivity index (χ2v) is 7.43. The smallest absolute Gasteiger partial charge is 0.254 e. The monoisotopic (exact) mass is 430 g/mol. The summed E-state index contributed by atoms with van der Waals surface area (Å²) in [5.74, 6) is 1.21. The summed E-state index contributed by atoms with van der Waals surface area (Å²) in [6.07, 6.45) is 0.749. The molecule has 0 aromatic heterocycles. The topological polar surface area (TPSA) is 59.1 Å². The van der Waals surface area contributed by atoms with Crippen LogP contribution in [0.25, 0.3) is 0 Å². The Balaban J connectivity index is 1.43. The fourth-order valence-corrected chi connectivity index (χ4v) is 3.58. The molecule has 6 nitrogen and oxygen atoms in total. The Morgan fingerprint density at radius 3 is 2.07 bits per heavy atom. The maximum absolute atomic E-state index is 12.9. The van der Waals surface area contributed by atoms with E-state index < -0.39 is 0 Å². The van der Waals surface area contributed by atoms with Crippen molar-refractivity contribution in [3.05, 3.63) is 58.1 Å². The first-order valence-corrected chi connectivity index (χ1v) is 9.65. The fraction of sp³-hybridized carbons (Fsp3) is 0.300. The molecule has 0 atom stereocenters. The van der Waals surface area contributed by atoms with Crippen molar-refractivity contribution in [2.75, 3.05) is 33.0 Å².